The van der Waals surface area contributed by atoms with Crippen LogP contribution in [0.25, 0.3) is 0 Å². The molecule has 0 radical (unpaired) electrons. The molecule has 1 nitrogen and oxygen atoms in total. The monoisotopic (exact) mass is 279 g/mol. The zero-order chi connectivity index (χ0) is 14.1. The van der Waals surface area contributed by atoms with Gasteiger partial charge in [-0.25, -0.2) is 0 Å². The molecule has 1 N–H and O–H groups in total. The van der Waals surface area contributed by atoms with Gasteiger partial charge < -0.3 is 5.32 Å². The average molecular weight is 279 g/mol. The van der Waals surface area contributed by atoms with E-state index in [0.717, 1.165) is 5.92 Å². The van der Waals surface area contributed by atoms with Gasteiger partial charge in [-0.2, -0.15) is 0 Å². The van der Waals surface area contributed by atoms with E-state index in [1.807, 2.05) is 18.8 Å². The maximum absolute atomic E-state index is 3.28. The van der Waals surface area contributed by atoms with E-state index in [9.17, 15) is 0 Å². The molecule has 2 unspecified atom stereocenters. The number of thioether (sulfide) groups is 1. The Kier molecular flexibility index (Phi) is 8.24. The smallest absolute Gasteiger partial charge is 0.0289 e. The first kappa shape index (κ1) is 16.6. The van der Waals surface area contributed by atoms with Crippen LogP contribution in [0.5, 0.6) is 0 Å². The molecule has 2 atom stereocenters. The lowest BCUT2D eigenvalue weighted by molar-refractivity contribution is 0.499. The van der Waals surface area contributed by atoms with E-state index in [-0.39, 0.29) is 0 Å². The third-order valence-corrected chi connectivity index (χ3v) is 5.09. The fourth-order valence-electron chi connectivity index (χ4n) is 2.13. The summed E-state index contributed by atoms with van der Waals surface area (Å²) >= 11 is 2.01. The number of benzene rings is 1. The quantitative estimate of drug-likeness (QED) is 0.618. The van der Waals surface area contributed by atoms with Crippen LogP contribution >= 0.6 is 11.8 Å². The summed E-state index contributed by atoms with van der Waals surface area (Å²) in [6.07, 6.45) is 5.38. The number of hydrogen-bond acceptors (Lipinski definition) is 2. The van der Waals surface area contributed by atoms with Crippen molar-refractivity contribution in [3.63, 3.8) is 0 Å². The van der Waals surface area contributed by atoms with Gasteiger partial charge in [0.05, 0.1) is 0 Å². The second-order valence-electron chi connectivity index (χ2n) is 5.31. The van der Waals surface area contributed by atoms with Crippen LogP contribution in [0.3, 0.4) is 0 Å². The van der Waals surface area contributed by atoms with Crippen LogP contribution in [0.4, 0.5) is 0 Å². The lowest BCUT2D eigenvalue weighted by atomic mass is 10.0. The number of rotatable bonds is 9. The zero-order valence-electron chi connectivity index (χ0n) is 12.9. The van der Waals surface area contributed by atoms with E-state index in [0.29, 0.717) is 6.04 Å². The van der Waals surface area contributed by atoms with Crippen LogP contribution < -0.4 is 5.32 Å². The predicted molar refractivity (Wildman–Crippen MR) is 87.9 cm³/mol. The first-order valence-electron chi connectivity index (χ1n) is 7.61. The maximum atomic E-state index is 3.28. The standard InChI is InChI=1S/C17H29NS/c1-5-7-8-15(6-2)13-19-17-11-9-16(10-12-17)14(3)18-4/h9-12,14-15,18H,5-8,13H2,1-4H3. The summed E-state index contributed by atoms with van der Waals surface area (Å²) in [5.74, 6) is 2.14. The molecule has 108 valence electrons. The van der Waals surface area contributed by atoms with Crippen LogP contribution in [0, 0.1) is 5.92 Å². The maximum Gasteiger partial charge on any atom is 0.0289 e. The molecular formula is C17H29NS. The average Bonchev–Trinajstić information content (AvgIpc) is 2.47. The van der Waals surface area contributed by atoms with Crippen LogP contribution in [0.1, 0.15) is 58.1 Å². The summed E-state index contributed by atoms with van der Waals surface area (Å²) in [5.41, 5.74) is 1.37. The second kappa shape index (κ2) is 9.44. The molecule has 1 rings (SSSR count). The van der Waals surface area contributed by atoms with Crippen LogP contribution in [-0.4, -0.2) is 12.8 Å². The fourth-order valence-corrected chi connectivity index (χ4v) is 3.29. The van der Waals surface area contributed by atoms with Gasteiger partial charge in [-0.3, -0.25) is 0 Å². The third kappa shape index (κ3) is 6.01. The van der Waals surface area contributed by atoms with Crippen molar-refractivity contribution in [1.82, 2.24) is 5.32 Å². The van der Waals surface area contributed by atoms with Crippen LogP contribution in [0.2, 0.25) is 0 Å². The minimum absolute atomic E-state index is 0.437. The Morgan fingerprint density at radius 1 is 1.16 bits per heavy atom. The highest BCUT2D eigenvalue weighted by Crippen LogP contribution is 2.26. The summed E-state index contributed by atoms with van der Waals surface area (Å²) < 4.78 is 0. The van der Waals surface area contributed by atoms with Gasteiger partial charge >= 0.3 is 0 Å². The summed E-state index contributed by atoms with van der Waals surface area (Å²) in [7, 11) is 2.01. The highest BCUT2D eigenvalue weighted by atomic mass is 32.2. The predicted octanol–water partition coefficient (Wildman–Crippen LogP) is 5.28. The Balaban J connectivity index is 2.44. The summed E-state index contributed by atoms with van der Waals surface area (Å²) in [6.45, 7) is 6.79. The van der Waals surface area contributed by atoms with Crippen molar-refractivity contribution < 1.29 is 0 Å². The summed E-state index contributed by atoms with van der Waals surface area (Å²) in [6, 6.07) is 9.46. The normalized spacial score (nSPS) is 14.3. The van der Waals surface area contributed by atoms with Gasteiger partial charge in [0.1, 0.15) is 0 Å². The molecule has 0 spiro atoms. The van der Waals surface area contributed by atoms with Gasteiger partial charge in [0.15, 0.2) is 0 Å². The SMILES string of the molecule is CCCCC(CC)CSc1ccc(C(C)NC)cc1. The molecule has 19 heavy (non-hydrogen) atoms. The minimum atomic E-state index is 0.437. The van der Waals surface area contributed by atoms with Crippen LogP contribution in [0.15, 0.2) is 29.2 Å². The zero-order valence-corrected chi connectivity index (χ0v) is 13.7. The topological polar surface area (TPSA) is 12.0 Å². The second-order valence-corrected chi connectivity index (χ2v) is 6.40. The first-order valence-corrected chi connectivity index (χ1v) is 8.59. The molecule has 0 aromatic heterocycles. The molecule has 0 aliphatic heterocycles. The third-order valence-electron chi connectivity index (χ3n) is 3.84. The fraction of sp³-hybridized carbons (Fsp3) is 0.647. The minimum Gasteiger partial charge on any atom is -0.313 e. The summed E-state index contributed by atoms with van der Waals surface area (Å²) in [5, 5.41) is 3.28. The number of nitrogens with one attached hydrogen (secondary N) is 1. The van der Waals surface area contributed by atoms with Crippen molar-refractivity contribution in [2.45, 2.75) is 57.4 Å². The van der Waals surface area contributed by atoms with E-state index < -0.39 is 0 Å². The molecule has 0 amide bonds. The van der Waals surface area contributed by atoms with E-state index in [2.05, 4.69) is 50.4 Å². The molecule has 0 heterocycles. The molecule has 0 fully saturated rings. The van der Waals surface area contributed by atoms with Crippen molar-refractivity contribution in [3.05, 3.63) is 29.8 Å². The Bertz CT molecular complexity index is 334. The molecule has 2 heteroatoms. The van der Waals surface area contributed by atoms with Crippen molar-refractivity contribution >= 4 is 11.8 Å². The van der Waals surface area contributed by atoms with E-state index in [4.69, 9.17) is 0 Å². The van der Waals surface area contributed by atoms with Crippen molar-refractivity contribution in [2.24, 2.45) is 5.92 Å². The lowest BCUT2D eigenvalue weighted by Crippen LogP contribution is -2.11. The number of unbranched alkanes of at least 4 members (excludes halogenated alkanes) is 1. The van der Waals surface area contributed by atoms with E-state index in [1.54, 1.807) is 0 Å². The molecule has 0 saturated heterocycles. The lowest BCUT2D eigenvalue weighted by Gasteiger charge is -2.14. The molecule has 1 aromatic rings. The Labute approximate surface area is 123 Å². The van der Waals surface area contributed by atoms with Crippen molar-refractivity contribution in [1.29, 1.82) is 0 Å². The molecule has 0 saturated carbocycles. The van der Waals surface area contributed by atoms with Crippen LogP contribution in [-0.2, 0) is 0 Å². The van der Waals surface area contributed by atoms with Crippen molar-refractivity contribution in [3.8, 4) is 0 Å². The van der Waals surface area contributed by atoms with Gasteiger partial charge in [0.2, 0.25) is 0 Å². The Morgan fingerprint density at radius 3 is 2.37 bits per heavy atom. The van der Waals surface area contributed by atoms with E-state index in [1.165, 1.54) is 41.9 Å². The first-order chi connectivity index (χ1) is 9.21. The molecule has 1 aromatic carbocycles. The molecule has 0 aliphatic carbocycles. The van der Waals surface area contributed by atoms with Gasteiger partial charge in [-0.05, 0) is 44.0 Å². The van der Waals surface area contributed by atoms with Gasteiger partial charge in [0.25, 0.3) is 0 Å². The van der Waals surface area contributed by atoms with Gasteiger partial charge in [0, 0.05) is 16.7 Å². The van der Waals surface area contributed by atoms with Gasteiger partial charge in [-0.1, -0.05) is 45.2 Å². The molecule has 0 aliphatic rings. The highest BCUT2D eigenvalue weighted by Gasteiger charge is 2.07. The molecule has 0 bridgehead atoms. The largest absolute Gasteiger partial charge is 0.313 e. The van der Waals surface area contributed by atoms with Gasteiger partial charge in [-0.15, -0.1) is 11.8 Å². The highest BCUT2D eigenvalue weighted by molar-refractivity contribution is 7.99. The summed E-state index contributed by atoms with van der Waals surface area (Å²) in [4.78, 5) is 1.40. The van der Waals surface area contributed by atoms with Crippen molar-refractivity contribution in [2.75, 3.05) is 12.8 Å². The molecular weight excluding hydrogens is 250 g/mol. The van der Waals surface area contributed by atoms with E-state index >= 15 is 0 Å². The Hall–Kier alpha value is -0.470. The Morgan fingerprint density at radius 2 is 1.84 bits per heavy atom. The number of hydrogen-bond donors (Lipinski definition) is 1.